The zero-order chi connectivity index (χ0) is 22.2. The Hall–Kier alpha value is -3.39. The Labute approximate surface area is 189 Å². The summed E-state index contributed by atoms with van der Waals surface area (Å²) in [5.41, 5.74) is 3.51. The summed E-state index contributed by atoms with van der Waals surface area (Å²) in [6, 6.07) is 12.1. The van der Waals surface area contributed by atoms with Crippen molar-refractivity contribution in [2.24, 2.45) is 0 Å². The second-order valence-electron chi connectivity index (χ2n) is 8.03. The molecule has 5 rings (SSSR count). The molecule has 0 fully saturated rings. The van der Waals surface area contributed by atoms with Crippen LogP contribution >= 0.6 is 11.3 Å². The number of halogens is 1. The minimum absolute atomic E-state index is 0.226. The van der Waals surface area contributed by atoms with E-state index < -0.39 is 5.82 Å². The maximum absolute atomic E-state index is 14.5. The Morgan fingerprint density at radius 2 is 1.97 bits per heavy atom. The van der Waals surface area contributed by atoms with Crippen molar-refractivity contribution in [3.63, 3.8) is 0 Å². The molecule has 1 aromatic carbocycles. The first-order valence-corrected chi connectivity index (χ1v) is 11.4. The molecule has 0 bridgehead atoms. The summed E-state index contributed by atoms with van der Waals surface area (Å²) in [6.07, 6.45) is 3.38. The van der Waals surface area contributed by atoms with Crippen LogP contribution in [0.1, 0.15) is 47.1 Å². The lowest BCUT2D eigenvalue weighted by Gasteiger charge is -2.06. The molecule has 0 saturated carbocycles. The predicted molar refractivity (Wildman–Crippen MR) is 123 cm³/mol. The van der Waals surface area contributed by atoms with Crippen LogP contribution in [0.5, 0.6) is 0 Å². The quantitative estimate of drug-likeness (QED) is 0.437. The first-order valence-electron chi connectivity index (χ1n) is 10.6. The fraction of sp³-hybridized carbons (Fsp3) is 0.250. The van der Waals surface area contributed by atoms with Gasteiger partial charge in [-0.2, -0.15) is 5.10 Å². The van der Waals surface area contributed by atoms with E-state index in [1.807, 2.05) is 22.9 Å². The SMILES string of the molecule is CC(C)c1sc(NC(=O)c2c(-c3ccccc3F)nn3c2CCC3)nc1-c1ccccn1. The summed E-state index contributed by atoms with van der Waals surface area (Å²) in [5, 5.41) is 8.02. The molecule has 3 aromatic heterocycles. The number of rotatable bonds is 5. The van der Waals surface area contributed by atoms with E-state index in [4.69, 9.17) is 0 Å². The van der Waals surface area contributed by atoms with Gasteiger partial charge >= 0.3 is 0 Å². The predicted octanol–water partition coefficient (Wildman–Crippen LogP) is 5.53. The monoisotopic (exact) mass is 447 g/mol. The summed E-state index contributed by atoms with van der Waals surface area (Å²) in [6.45, 7) is 4.90. The van der Waals surface area contributed by atoms with Crippen molar-refractivity contribution in [1.29, 1.82) is 0 Å². The Balaban J connectivity index is 1.54. The van der Waals surface area contributed by atoms with Crippen LogP contribution in [0.15, 0.2) is 48.7 Å². The fourth-order valence-corrected chi connectivity index (χ4v) is 5.01. The number of benzene rings is 1. The fourth-order valence-electron chi connectivity index (χ4n) is 4.04. The number of amides is 1. The maximum atomic E-state index is 14.5. The topological polar surface area (TPSA) is 72.7 Å². The van der Waals surface area contributed by atoms with E-state index in [0.29, 0.717) is 22.0 Å². The van der Waals surface area contributed by atoms with Gasteiger partial charge in [0.2, 0.25) is 0 Å². The summed E-state index contributed by atoms with van der Waals surface area (Å²) in [7, 11) is 0. The Morgan fingerprint density at radius 1 is 1.16 bits per heavy atom. The van der Waals surface area contributed by atoms with Crippen molar-refractivity contribution in [2.45, 2.75) is 39.2 Å². The number of carbonyl (C=O) groups excluding carboxylic acids is 1. The summed E-state index contributed by atoms with van der Waals surface area (Å²) in [4.78, 5) is 23.6. The first-order chi connectivity index (χ1) is 15.5. The van der Waals surface area contributed by atoms with Crippen molar-refractivity contribution < 1.29 is 9.18 Å². The molecule has 1 amide bonds. The molecule has 6 nitrogen and oxygen atoms in total. The third kappa shape index (κ3) is 3.60. The van der Waals surface area contributed by atoms with Crippen molar-refractivity contribution in [2.75, 3.05) is 5.32 Å². The number of pyridine rings is 1. The number of thiazole rings is 1. The molecule has 1 aliphatic rings. The molecule has 0 unspecified atom stereocenters. The number of nitrogens with zero attached hydrogens (tertiary/aromatic N) is 4. The number of fused-ring (bicyclic) bond motifs is 1. The van der Waals surface area contributed by atoms with Crippen LogP contribution in [0.4, 0.5) is 9.52 Å². The second-order valence-corrected chi connectivity index (χ2v) is 9.06. The highest BCUT2D eigenvalue weighted by Gasteiger charge is 2.29. The van der Waals surface area contributed by atoms with Crippen LogP contribution < -0.4 is 5.32 Å². The Bertz CT molecular complexity index is 1300. The van der Waals surface area contributed by atoms with Gasteiger partial charge in [0.05, 0.1) is 17.0 Å². The van der Waals surface area contributed by atoms with Gasteiger partial charge in [-0.25, -0.2) is 9.37 Å². The van der Waals surface area contributed by atoms with E-state index in [-0.39, 0.29) is 11.8 Å². The van der Waals surface area contributed by atoms with Crippen molar-refractivity contribution in [1.82, 2.24) is 19.7 Å². The zero-order valence-electron chi connectivity index (χ0n) is 17.8. The summed E-state index contributed by atoms with van der Waals surface area (Å²) < 4.78 is 16.4. The first kappa shape index (κ1) is 20.5. The van der Waals surface area contributed by atoms with E-state index in [9.17, 15) is 9.18 Å². The van der Waals surface area contributed by atoms with Gasteiger partial charge in [0.1, 0.15) is 17.2 Å². The molecular formula is C24H22FN5OS. The molecular weight excluding hydrogens is 425 g/mol. The molecule has 1 aliphatic heterocycles. The number of nitrogens with one attached hydrogen (secondary N) is 1. The number of hydrogen-bond donors (Lipinski definition) is 1. The number of aromatic nitrogens is 4. The number of anilines is 1. The summed E-state index contributed by atoms with van der Waals surface area (Å²) in [5.74, 6) is -0.486. The smallest absolute Gasteiger partial charge is 0.261 e. The molecule has 0 radical (unpaired) electrons. The largest absolute Gasteiger partial charge is 0.298 e. The van der Waals surface area contributed by atoms with Crippen LogP contribution in [-0.4, -0.2) is 25.7 Å². The number of aryl methyl sites for hydroxylation is 1. The molecule has 8 heteroatoms. The Morgan fingerprint density at radius 3 is 2.72 bits per heavy atom. The lowest BCUT2D eigenvalue weighted by atomic mass is 10.0. The van der Waals surface area contributed by atoms with Gasteiger partial charge < -0.3 is 0 Å². The van der Waals surface area contributed by atoms with E-state index in [0.717, 1.165) is 41.3 Å². The zero-order valence-corrected chi connectivity index (χ0v) is 18.6. The van der Waals surface area contributed by atoms with Gasteiger partial charge in [0.25, 0.3) is 5.91 Å². The maximum Gasteiger partial charge on any atom is 0.261 e. The third-order valence-electron chi connectivity index (χ3n) is 5.50. The molecule has 4 heterocycles. The highest BCUT2D eigenvalue weighted by atomic mass is 32.1. The average Bonchev–Trinajstić information content (AvgIpc) is 3.49. The molecule has 0 aliphatic carbocycles. The minimum atomic E-state index is -0.396. The van der Waals surface area contributed by atoms with E-state index in [2.05, 4.69) is 34.2 Å². The van der Waals surface area contributed by atoms with Crippen LogP contribution in [0.3, 0.4) is 0 Å². The molecule has 0 spiro atoms. The van der Waals surface area contributed by atoms with Gasteiger partial charge in [0, 0.05) is 23.2 Å². The highest BCUT2D eigenvalue weighted by Crippen LogP contribution is 2.37. The Kier molecular flexibility index (Phi) is 5.30. The van der Waals surface area contributed by atoms with Gasteiger partial charge in [-0.15, -0.1) is 11.3 Å². The van der Waals surface area contributed by atoms with Crippen molar-refractivity contribution in [3.8, 4) is 22.6 Å². The molecule has 162 valence electrons. The van der Waals surface area contributed by atoms with Crippen LogP contribution in [-0.2, 0) is 13.0 Å². The van der Waals surface area contributed by atoms with E-state index in [1.54, 1.807) is 24.4 Å². The van der Waals surface area contributed by atoms with E-state index in [1.165, 1.54) is 17.4 Å². The van der Waals surface area contributed by atoms with Gasteiger partial charge in [0.15, 0.2) is 5.13 Å². The molecule has 4 aromatic rings. The van der Waals surface area contributed by atoms with Crippen LogP contribution in [0.25, 0.3) is 22.6 Å². The molecule has 32 heavy (non-hydrogen) atoms. The van der Waals surface area contributed by atoms with Crippen molar-refractivity contribution >= 4 is 22.4 Å². The lowest BCUT2D eigenvalue weighted by molar-refractivity contribution is 0.102. The second kappa shape index (κ2) is 8.27. The standard InChI is InChI=1S/C24H22FN5OS/c1-14(2)22-21(17-10-5-6-12-26-17)27-24(32-22)28-23(31)19-18-11-7-13-30(18)29-20(19)15-8-3-4-9-16(15)25/h3-6,8-10,12,14H,7,11,13H2,1-2H3,(H,27,28,31). The van der Waals surface area contributed by atoms with Crippen molar-refractivity contribution in [3.05, 3.63) is 70.6 Å². The molecule has 1 N–H and O–H groups in total. The highest BCUT2D eigenvalue weighted by molar-refractivity contribution is 7.16. The van der Waals surface area contributed by atoms with Gasteiger partial charge in [-0.05, 0) is 43.0 Å². The van der Waals surface area contributed by atoms with E-state index >= 15 is 0 Å². The van der Waals surface area contributed by atoms with Gasteiger partial charge in [-0.1, -0.05) is 32.0 Å². The number of hydrogen-bond acceptors (Lipinski definition) is 5. The van der Waals surface area contributed by atoms with Crippen LogP contribution in [0.2, 0.25) is 0 Å². The lowest BCUT2D eigenvalue weighted by Crippen LogP contribution is -2.14. The summed E-state index contributed by atoms with van der Waals surface area (Å²) >= 11 is 1.44. The normalized spacial score (nSPS) is 12.9. The molecule has 0 saturated heterocycles. The van der Waals surface area contributed by atoms with Gasteiger partial charge in [-0.3, -0.25) is 19.8 Å². The minimum Gasteiger partial charge on any atom is -0.298 e. The average molecular weight is 448 g/mol. The third-order valence-corrected chi connectivity index (χ3v) is 6.77. The molecule has 0 atom stereocenters. The van der Waals surface area contributed by atoms with Crippen LogP contribution in [0, 0.1) is 5.82 Å². The number of carbonyl (C=O) groups is 1.